The molecule has 0 aliphatic rings. The second kappa shape index (κ2) is 6.82. The fourth-order valence-corrected chi connectivity index (χ4v) is 3.40. The fraction of sp³-hybridized carbons (Fsp3) is 0.0500. The van der Waals surface area contributed by atoms with Crippen LogP contribution in [0, 0.1) is 11.8 Å². The van der Waals surface area contributed by atoms with Crippen molar-refractivity contribution in [2.75, 3.05) is 5.32 Å². The maximum atomic E-state index is 11.6. The van der Waals surface area contributed by atoms with E-state index in [1.807, 2.05) is 46.9 Å². The van der Waals surface area contributed by atoms with Gasteiger partial charge in [0.1, 0.15) is 11.5 Å². The predicted molar refractivity (Wildman–Crippen MR) is 103 cm³/mol. The van der Waals surface area contributed by atoms with Crippen molar-refractivity contribution in [3.63, 3.8) is 0 Å². The molecule has 0 unspecified atom stereocenters. The van der Waals surface area contributed by atoms with Gasteiger partial charge < -0.3 is 5.32 Å². The Hall–Kier alpha value is -3.43. The maximum absolute atomic E-state index is 11.6. The molecule has 0 saturated carbocycles. The molecule has 5 nitrogen and oxygen atoms in total. The zero-order chi connectivity index (χ0) is 17.9. The van der Waals surface area contributed by atoms with Crippen molar-refractivity contribution in [1.82, 2.24) is 14.4 Å². The Kier molecular flexibility index (Phi) is 4.22. The summed E-state index contributed by atoms with van der Waals surface area (Å²) in [6.07, 6.45) is 5.11. The molecule has 26 heavy (non-hydrogen) atoms. The Morgan fingerprint density at radius 1 is 1.15 bits per heavy atom. The van der Waals surface area contributed by atoms with Gasteiger partial charge in [-0.1, -0.05) is 30.0 Å². The summed E-state index contributed by atoms with van der Waals surface area (Å²) >= 11 is 1.54. The van der Waals surface area contributed by atoms with Crippen LogP contribution in [0.4, 0.5) is 5.82 Å². The molecule has 0 radical (unpaired) electrons. The van der Waals surface area contributed by atoms with Crippen LogP contribution >= 0.6 is 11.3 Å². The zero-order valence-electron chi connectivity index (χ0n) is 13.9. The van der Waals surface area contributed by atoms with Gasteiger partial charge in [-0.15, -0.1) is 11.3 Å². The van der Waals surface area contributed by atoms with Crippen LogP contribution in [-0.2, 0) is 4.79 Å². The summed E-state index contributed by atoms with van der Waals surface area (Å²) in [4.78, 5) is 22.2. The van der Waals surface area contributed by atoms with Crippen molar-refractivity contribution in [2.24, 2.45) is 0 Å². The SMILES string of the molecule is CC(=O)Nc1c(-c2ccc(C#Cc3ccccc3)s2)nc2cnccn12. The number of thiophene rings is 1. The van der Waals surface area contributed by atoms with Gasteiger partial charge in [-0.25, -0.2) is 4.98 Å². The van der Waals surface area contributed by atoms with Crippen LogP contribution in [0.5, 0.6) is 0 Å². The van der Waals surface area contributed by atoms with E-state index in [-0.39, 0.29) is 5.91 Å². The van der Waals surface area contributed by atoms with Gasteiger partial charge in [-0.05, 0) is 24.3 Å². The third kappa shape index (κ3) is 3.21. The van der Waals surface area contributed by atoms with Gasteiger partial charge in [0, 0.05) is 24.9 Å². The van der Waals surface area contributed by atoms with E-state index in [2.05, 4.69) is 27.1 Å². The molecule has 4 rings (SSSR count). The molecule has 6 heteroatoms. The molecule has 0 spiro atoms. The molecule has 0 aliphatic heterocycles. The molecule has 0 bridgehead atoms. The number of imidazole rings is 1. The quantitative estimate of drug-likeness (QED) is 0.554. The Bertz CT molecular complexity index is 1150. The van der Waals surface area contributed by atoms with Gasteiger partial charge >= 0.3 is 0 Å². The van der Waals surface area contributed by atoms with E-state index >= 15 is 0 Å². The molecule has 0 saturated heterocycles. The van der Waals surface area contributed by atoms with Gasteiger partial charge in [0.2, 0.25) is 5.91 Å². The Labute approximate surface area is 154 Å². The molecule has 126 valence electrons. The molecular weight excluding hydrogens is 344 g/mol. The summed E-state index contributed by atoms with van der Waals surface area (Å²) in [5.41, 5.74) is 2.36. The summed E-state index contributed by atoms with van der Waals surface area (Å²) < 4.78 is 1.82. The molecule has 1 aromatic carbocycles. The van der Waals surface area contributed by atoms with Gasteiger partial charge in [0.05, 0.1) is 16.0 Å². The minimum absolute atomic E-state index is 0.148. The van der Waals surface area contributed by atoms with Gasteiger partial charge in [-0.3, -0.25) is 14.2 Å². The molecule has 1 N–H and O–H groups in total. The van der Waals surface area contributed by atoms with Gasteiger partial charge in [0.25, 0.3) is 0 Å². The molecule has 0 fully saturated rings. The number of fused-ring (bicyclic) bond motifs is 1. The van der Waals surface area contributed by atoms with E-state index in [0.29, 0.717) is 17.2 Å². The first kappa shape index (κ1) is 16.1. The number of benzene rings is 1. The van der Waals surface area contributed by atoms with E-state index in [0.717, 1.165) is 15.3 Å². The van der Waals surface area contributed by atoms with Crippen LogP contribution in [-0.4, -0.2) is 20.3 Å². The monoisotopic (exact) mass is 358 g/mol. The van der Waals surface area contributed by atoms with Crippen molar-refractivity contribution < 1.29 is 4.79 Å². The first-order chi connectivity index (χ1) is 12.7. The lowest BCUT2D eigenvalue weighted by atomic mass is 10.2. The summed E-state index contributed by atoms with van der Waals surface area (Å²) in [5.74, 6) is 6.82. The van der Waals surface area contributed by atoms with Crippen LogP contribution in [0.15, 0.2) is 61.1 Å². The van der Waals surface area contributed by atoms with E-state index in [4.69, 9.17) is 0 Å². The number of hydrogen-bond acceptors (Lipinski definition) is 4. The van der Waals surface area contributed by atoms with Crippen molar-refractivity contribution in [2.45, 2.75) is 6.92 Å². The number of nitrogens with one attached hydrogen (secondary N) is 1. The molecule has 0 aliphatic carbocycles. The lowest BCUT2D eigenvalue weighted by Crippen LogP contribution is -2.08. The normalized spacial score (nSPS) is 10.3. The molecular formula is C20H14N4OS. The largest absolute Gasteiger partial charge is 0.310 e. The number of carbonyl (C=O) groups is 1. The van der Waals surface area contributed by atoms with Crippen LogP contribution in [0.3, 0.4) is 0 Å². The van der Waals surface area contributed by atoms with E-state index < -0.39 is 0 Å². The third-order valence-electron chi connectivity index (χ3n) is 3.67. The molecule has 4 aromatic rings. The van der Waals surface area contributed by atoms with Crippen molar-refractivity contribution >= 4 is 28.7 Å². The predicted octanol–water partition coefficient (Wildman–Crippen LogP) is 3.82. The van der Waals surface area contributed by atoms with Crippen molar-refractivity contribution in [3.8, 4) is 22.4 Å². The average molecular weight is 358 g/mol. The molecule has 3 aromatic heterocycles. The Morgan fingerprint density at radius 3 is 2.81 bits per heavy atom. The minimum Gasteiger partial charge on any atom is -0.310 e. The number of rotatable bonds is 2. The molecule has 3 heterocycles. The Balaban J connectivity index is 1.74. The van der Waals surface area contributed by atoms with E-state index in [1.165, 1.54) is 6.92 Å². The average Bonchev–Trinajstić information content (AvgIpc) is 3.26. The highest BCUT2D eigenvalue weighted by atomic mass is 32.1. The minimum atomic E-state index is -0.148. The molecule has 1 amide bonds. The van der Waals surface area contributed by atoms with Crippen LogP contribution in [0.1, 0.15) is 17.4 Å². The van der Waals surface area contributed by atoms with E-state index in [1.54, 1.807) is 29.9 Å². The number of carbonyl (C=O) groups excluding carboxylic acids is 1. The smallest absolute Gasteiger partial charge is 0.222 e. The fourth-order valence-electron chi connectivity index (χ4n) is 2.55. The zero-order valence-corrected chi connectivity index (χ0v) is 14.7. The van der Waals surface area contributed by atoms with Gasteiger partial charge in [0.15, 0.2) is 5.65 Å². The number of aromatic nitrogens is 3. The van der Waals surface area contributed by atoms with Crippen molar-refractivity contribution in [1.29, 1.82) is 0 Å². The molecule has 0 atom stereocenters. The second-order valence-corrected chi connectivity index (χ2v) is 6.66. The van der Waals surface area contributed by atoms with Crippen LogP contribution in [0.2, 0.25) is 0 Å². The van der Waals surface area contributed by atoms with Crippen LogP contribution < -0.4 is 5.32 Å². The number of anilines is 1. The summed E-state index contributed by atoms with van der Waals surface area (Å²) in [6.45, 7) is 1.48. The Morgan fingerprint density at radius 2 is 2.00 bits per heavy atom. The van der Waals surface area contributed by atoms with Crippen LogP contribution in [0.25, 0.3) is 16.2 Å². The van der Waals surface area contributed by atoms with E-state index in [9.17, 15) is 4.79 Å². The lowest BCUT2D eigenvalue weighted by Gasteiger charge is -2.03. The standard InChI is InChI=1S/C20H14N4OS/c1-14(25)22-20-19(23-18-13-21-11-12-24(18)20)17-10-9-16(26-17)8-7-15-5-3-2-4-6-15/h2-6,9-13H,1H3,(H,22,25). The third-order valence-corrected chi connectivity index (χ3v) is 4.68. The highest BCUT2D eigenvalue weighted by molar-refractivity contribution is 7.16. The van der Waals surface area contributed by atoms with Crippen molar-refractivity contribution in [3.05, 3.63) is 71.5 Å². The highest BCUT2D eigenvalue weighted by Gasteiger charge is 2.16. The number of nitrogens with zero attached hydrogens (tertiary/aromatic N) is 3. The summed E-state index contributed by atoms with van der Waals surface area (Å²) in [5, 5.41) is 2.87. The topological polar surface area (TPSA) is 59.3 Å². The lowest BCUT2D eigenvalue weighted by molar-refractivity contribution is -0.114. The maximum Gasteiger partial charge on any atom is 0.222 e. The summed E-state index contributed by atoms with van der Waals surface area (Å²) in [7, 11) is 0. The second-order valence-electron chi connectivity index (χ2n) is 5.57. The van der Waals surface area contributed by atoms with Gasteiger partial charge in [-0.2, -0.15) is 0 Å². The highest BCUT2D eigenvalue weighted by Crippen LogP contribution is 2.33. The number of amides is 1. The first-order valence-corrected chi connectivity index (χ1v) is 8.79. The number of hydrogen-bond donors (Lipinski definition) is 1. The summed E-state index contributed by atoms with van der Waals surface area (Å²) in [6, 6.07) is 13.8. The first-order valence-electron chi connectivity index (χ1n) is 7.97.